The van der Waals surface area contributed by atoms with Crippen molar-refractivity contribution in [2.24, 2.45) is 0 Å². The molecule has 2 heterocycles. The lowest BCUT2D eigenvalue weighted by molar-refractivity contribution is -0.105. The number of hydrogen-bond acceptors (Lipinski definition) is 4. The van der Waals surface area contributed by atoms with Crippen molar-refractivity contribution in [2.75, 3.05) is 12.4 Å². The minimum Gasteiger partial charge on any atom is -0.481 e. The SMILES string of the molecule is COc1ccc(NC=O)cn1.Cc1ccc2n[nH]c(C)c2c1. The first-order chi connectivity index (χ1) is 10.6. The van der Waals surface area contributed by atoms with Gasteiger partial charge in [0.25, 0.3) is 0 Å². The van der Waals surface area contributed by atoms with E-state index in [1.165, 1.54) is 24.3 Å². The number of anilines is 1. The van der Waals surface area contributed by atoms with Crippen molar-refractivity contribution in [2.45, 2.75) is 13.8 Å². The molecule has 0 spiro atoms. The average molecular weight is 298 g/mol. The molecule has 0 fully saturated rings. The van der Waals surface area contributed by atoms with Gasteiger partial charge in [0.15, 0.2) is 0 Å². The van der Waals surface area contributed by atoms with Crippen molar-refractivity contribution >= 4 is 23.0 Å². The Hall–Kier alpha value is -2.89. The van der Waals surface area contributed by atoms with E-state index in [0.717, 1.165) is 11.2 Å². The van der Waals surface area contributed by atoms with Crippen LogP contribution in [0.4, 0.5) is 5.69 Å². The Bertz CT molecular complexity index is 750. The van der Waals surface area contributed by atoms with Gasteiger partial charge in [-0.2, -0.15) is 5.10 Å². The molecule has 1 amide bonds. The predicted molar refractivity (Wildman–Crippen MR) is 86.0 cm³/mol. The molecule has 0 saturated heterocycles. The maximum atomic E-state index is 9.96. The lowest BCUT2D eigenvalue weighted by Gasteiger charge is -1.99. The third-order valence-corrected chi connectivity index (χ3v) is 3.07. The van der Waals surface area contributed by atoms with Crippen molar-refractivity contribution in [3.63, 3.8) is 0 Å². The van der Waals surface area contributed by atoms with Crippen LogP contribution in [-0.2, 0) is 4.79 Å². The minimum atomic E-state index is 0.529. The highest BCUT2D eigenvalue weighted by atomic mass is 16.5. The van der Waals surface area contributed by atoms with E-state index in [0.29, 0.717) is 18.0 Å². The van der Waals surface area contributed by atoms with Crippen LogP contribution in [-0.4, -0.2) is 28.7 Å². The Morgan fingerprint density at radius 2 is 2.05 bits per heavy atom. The summed E-state index contributed by atoms with van der Waals surface area (Å²) in [5.74, 6) is 0.529. The summed E-state index contributed by atoms with van der Waals surface area (Å²) in [5.41, 5.74) is 4.12. The maximum absolute atomic E-state index is 9.96. The van der Waals surface area contributed by atoms with Crippen molar-refractivity contribution in [3.8, 4) is 5.88 Å². The third kappa shape index (κ3) is 3.82. The molecule has 114 valence electrons. The number of aromatic amines is 1. The average Bonchev–Trinajstić information content (AvgIpc) is 2.90. The predicted octanol–water partition coefficient (Wildman–Crippen LogP) is 2.84. The zero-order chi connectivity index (χ0) is 15.9. The quantitative estimate of drug-likeness (QED) is 0.729. The molecule has 0 radical (unpaired) electrons. The number of ether oxygens (including phenoxy) is 1. The van der Waals surface area contributed by atoms with Crippen LogP contribution in [0.25, 0.3) is 10.9 Å². The number of amides is 1. The summed E-state index contributed by atoms with van der Waals surface area (Å²) >= 11 is 0. The minimum absolute atomic E-state index is 0.529. The third-order valence-electron chi connectivity index (χ3n) is 3.07. The summed E-state index contributed by atoms with van der Waals surface area (Å²) in [6.07, 6.45) is 2.12. The number of nitrogens with one attached hydrogen (secondary N) is 2. The Kier molecular flexibility index (Phi) is 5.08. The second-order valence-electron chi connectivity index (χ2n) is 4.72. The molecule has 0 unspecified atom stereocenters. The number of carbonyl (C=O) groups is 1. The van der Waals surface area contributed by atoms with Gasteiger partial charge >= 0.3 is 0 Å². The molecule has 2 aromatic heterocycles. The number of methoxy groups -OCH3 is 1. The number of fused-ring (bicyclic) bond motifs is 1. The van der Waals surface area contributed by atoms with Crippen LogP contribution in [0, 0.1) is 13.8 Å². The number of nitrogens with zero attached hydrogens (tertiary/aromatic N) is 2. The van der Waals surface area contributed by atoms with Crippen LogP contribution in [0.5, 0.6) is 5.88 Å². The van der Waals surface area contributed by atoms with E-state index >= 15 is 0 Å². The van der Waals surface area contributed by atoms with Crippen molar-refractivity contribution < 1.29 is 9.53 Å². The highest BCUT2D eigenvalue weighted by Crippen LogP contribution is 2.15. The zero-order valence-electron chi connectivity index (χ0n) is 12.8. The number of aromatic nitrogens is 3. The molecule has 0 bridgehead atoms. The van der Waals surface area contributed by atoms with Gasteiger partial charge in [0, 0.05) is 17.1 Å². The van der Waals surface area contributed by atoms with Gasteiger partial charge in [-0.15, -0.1) is 0 Å². The van der Waals surface area contributed by atoms with Gasteiger partial charge in [0.2, 0.25) is 12.3 Å². The van der Waals surface area contributed by atoms with Crippen molar-refractivity contribution in [1.29, 1.82) is 0 Å². The molecule has 6 heteroatoms. The van der Waals surface area contributed by atoms with Gasteiger partial charge in [0.05, 0.1) is 24.5 Å². The van der Waals surface area contributed by atoms with Gasteiger partial charge in [-0.3, -0.25) is 9.89 Å². The number of pyridine rings is 1. The lowest BCUT2D eigenvalue weighted by atomic mass is 10.1. The van der Waals surface area contributed by atoms with E-state index in [2.05, 4.69) is 39.6 Å². The topological polar surface area (TPSA) is 79.9 Å². The number of benzene rings is 1. The van der Waals surface area contributed by atoms with Gasteiger partial charge in [-0.25, -0.2) is 4.98 Å². The first kappa shape index (κ1) is 15.5. The molecule has 22 heavy (non-hydrogen) atoms. The summed E-state index contributed by atoms with van der Waals surface area (Å²) in [6, 6.07) is 9.64. The lowest BCUT2D eigenvalue weighted by Crippen LogP contribution is -1.94. The van der Waals surface area contributed by atoms with Crippen LogP contribution in [0.15, 0.2) is 36.5 Å². The van der Waals surface area contributed by atoms with Gasteiger partial charge in [-0.05, 0) is 32.0 Å². The van der Waals surface area contributed by atoms with Gasteiger partial charge in [0.1, 0.15) is 0 Å². The van der Waals surface area contributed by atoms with E-state index in [9.17, 15) is 4.79 Å². The van der Waals surface area contributed by atoms with E-state index in [1.807, 2.05) is 13.0 Å². The monoisotopic (exact) mass is 298 g/mol. The smallest absolute Gasteiger partial charge is 0.213 e. The number of hydrogen-bond donors (Lipinski definition) is 2. The molecule has 0 aliphatic heterocycles. The first-order valence-corrected chi connectivity index (χ1v) is 6.75. The van der Waals surface area contributed by atoms with Crippen LogP contribution in [0.2, 0.25) is 0 Å². The fraction of sp³-hybridized carbons (Fsp3) is 0.188. The van der Waals surface area contributed by atoms with E-state index in [1.54, 1.807) is 12.1 Å². The fourth-order valence-electron chi connectivity index (χ4n) is 1.91. The van der Waals surface area contributed by atoms with Crippen molar-refractivity contribution in [1.82, 2.24) is 15.2 Å². The molecular formula is C16H18N4O2. The van der Waals surface area contributed by atoms with Crippen LogP contribution < -0.4 is 10.1 Å². The number of aryl methyl sites for hydroxylation is 2. The zero-order valence-corrected chi connectivity index (χ0v) is 12.8. The Labute approximate surface area is 128 Å². The molecule has 0 aliphatic rings. The molecule has 3 aromatic rings. The first-order valence-electron chi connectivity index (χ1n) is 6.75. The van der Waals surface area contributed by atoms with Crippen LogP contribution in [0.3, 0.4) is 0 Å². The normalized spacial score (nSPS) is 9.77. The summed E-state index contributed by atoms with van der Waals surface area (Å²) in [4.78, 5) is 13.8. The van der Waals surface area contributed by atoms with E-state index < -0.39 is 0 Å². The molecule has 0 saturated carbocycles. The fourth-order valence-corrected chi connectivity index (χ4v) is 1.91. The summed E-state index contributed by atoms with van der Waals surface area (Å²) in [7, 11) is 1.54. The van der Waals surface area contributed by atoms with E-state index in [4.69, 9.17) is 4.74 Å². The maximum Gasteiger partial charge on any atom is 0.213 e. The van der Waals surface area contributed by atoms with E-state index in [-0.39, 0.29) is 0 Å². The highest BCUT2D eigenvalue weighted by molar-refractivity contribution is 5.81. The number of rotatable bonds is 3. The molecule has 0 aliphatic carbocycles. The molecular weight excluding hydrogens is 280 g/mol. The van der Waals surface area contributed by atoms with Gasteiger partial charge < -0.3 is 10.1 Å². The molecule has 3 rings (SSSR count). The Morgan fingerprint density at radius 1 is 1.23 bits per heavy atom. The largest absolute Gasteiger partial charge is 0.481 e. The molecule has 2 N–H and O–H groups in total. The number of carbonyl (C=O) groups excluding carboxylic acids is 1. The summed E-state index contributed by atoms with van der Waals surface area (Å²) < 4.78 is 4.82. The summed E-state index contributed by atoms with van der Waals surface area (Å²) in [6.45, 7) is 4.13. The standard InChI is InChI=1S/C9H10N2.C7H8N2O2/c1-6-3-4-9-8(5-6)7(2)10-11-9;1-11-7-3-2-6(4-8-7)9-5-10/h3-5H,1-2H3,(H,10,11);2-5H,1H3,(H,9,10). The second kappa shape index (κ2) is 7.21. The molecule has 1 aromatic carbocycles. The Balaban J connectivity index is 0.000000160. The second-order valence-corrected chi connectivity index (χ2v) is 4.72. The van der Waals surface area contributed by atoms with Crippen molar-refractivity contribution in [3.05, 3.63) is 47.8 Å². The van der Waals surface area contributed by atoms with Gasteiger partial charge in [-0.1, -0.05) is 11.6 Å². The Morgan fingerprint density at radius 3 is 2.68 bits per heavy atom. The molecule has 0 atom stereocenters. The van der Waals surface area contributed by atoms with Crippen LogP contribution >= 0.6 is 0 Å². The molecule has 6 nitrogen and oxygen atoms in total. The number of H-pyrrole nitrogens is 1. The summed E-state index contributed by atoms with van der Waals surface area (Å²) in [5, 5.41) is 10.8. The highest BCUT2D eigenvalue weighted by Gasteiger charge is 1.98. The van der Waals surface area contributed by atoms with Crippen LogP contribution in [0.1, 0.15) is 11.3 Å².